The molecule has 2 rings (SSSR count). The molecular formula is C17H23NO3. The molecule has 0 spiro atoms. The van der Waals surface area contributed by atoms with E-state index < -0.39 is 0 Å². The van der Waals surface area contributed by atoms with Gasteiger partial charge < -0.3 is 19.2 Å². The number of nitrogens with one attached hydrogen (secondary N) is 1. The van der Waals surface area contributed by atoms with Crippen LogP contribution < -0.4 is 14.8 Å². The summed E-state index contributed by atoms with van der Waals surface area (Å²) in [6.07, 6.45) is 0. The van der Waals surface area contributed by atoms with Gasteiger partial charge in [0.2, 0.25) is 0 Å². The van der Waals surface area contributed by atoms with Crippen LogP contribution in [0.25, 0.3) is 0 Å². The largest absolute Gasteiger partial charge is 0.493 e. The van der Waals surface area contributed by atoms with Crippen LogP contribution in [0.4, 0.5) is 0 Å². The Labute approximate surface area is 126 Å². The number of methoxy groups -OCH3 is 2. The van der Waals surface area contributed by atoms with Crippen molar-refractivity contribution in [3.8, 4) is 11.5 Å². The normalized spacial score (nSPS) is 12.2. The summed E-state index contributed by atoms with van der Waals surface area (Å²) in [5, 5.41) is 3.47. The maximum atomic E-state index is 5.57. The van der Waals surface area contributed by atoms with Crippen molar-refractivity contribution in [3.63, 3.8) is 0 Å². The van der Waals surface area contributed by atoms with Gasteiger partial charge in [0.15, 0.2) is 11.5 Å². The van der Waals surface area contributed by atoms with Gasteiger partial charge >= 0.3 is 0 Å². The molecule has 0 saturated heterocycles. The van der Waals surface area contributed by atoms with Crippen molar-refractivity contribution in [1.82, 2.24) is 5.32 Å². The van der Waals surface area contributed by atoms with Crippen LogP contribution in [0.3, 0.4) is 0 Å². The molecule has 0 aliphatic rings. The van der Waals surface area contributed by atoms with Crippen LogP contribution in [0.15, 0.2) is 28.7 Å². The molecule has 1 aromatic carbocycles. The topological polar surface area (TPSA) is 43.6 Å². The van der Waals surface area contributed by atoms with Gasteiger partial charge in [-0.2, -0.15) is 0 Å². The Kier molecular flexibility index (Phi) is 4.91. The maximum absolute atomic E-state index is 5.57. The number of hydrogen-bond acceptors (Lipinski definition) is 4. The van der Waals surface area contributed by atoms with Gasteiger partial charge in [-0.05, 0) is 56.2 Å². The Morgan fingerprint density at radius 3 is 2.33 bits per heavy atom. The SMILES string of the molecule is COc1cc(C)c(C(C)NCc2ccc(C)o2)cc1OC. The fraction of sp³-hybridized carbons (Fsp3) is 0.412. The van der Waals surface area contributed by atoms with Gasteiger partial charge in [0.25, 0.3) is 0 Å². The quantitative estimate of drug-likeness (QED) is 0.879. The second kappa shape index (κ2) is 6.68. The molecule has 0 saturated carbocycles. The van der Waals surface area contributed by atoms with Gasteiger partial charge in [-0.15, -0.1) is 0 Å². The average Bonchev–Trinajstić information content (AvgIpc) is 2.90. The fourth-order valence-electron chi connectivity index (χ4n) is 2.41. The van der Waals surface area contributed by atoms with Crippen molar-refractivity contribution < 1.29 is 13.9 Å². The van der Waals surface area contributed by atoms with Crippen LogP contribution in [0.5, 0.6) is 11.5 Å². The van der Waals surface area contributed by atoms with Crippen molar-refractivity contribution in [2.24, 2.45) is 0 Å². The smallest absolute Gasteiger partial charge is 0.161 e. The first-order chi connectivity index (χ1) is 10.0. The van der Waals surface area contributed by atoms with E-state index in [1.165, 1.54) is 11.1 Å². The second-order valence-corrected chi connectivity index (χ2v) is 5.18. The molecule has 114 valence electrons. The van der Waals surface area contributed by atoms with E-state index in [9.17, 15) is 0 Å². The first-order valence-electron chi connectivity index (χ1n) is 7.06. The van der Waals surface area contributed by atoms with Crippen LogP contribution in [0.2, 0.25) is 0 Å². The second-order valence-electron chi connectivity index (χ2n) is 5.18. The minimum Gasteiger partial charge on any atom is -0.493 e. The zero-order chi connectivity index (χ0) is 15.4. The fourth-order valence-corrected chi connectivity index (χ4v) is 2.41. The van der Waals surface area contributed by atoms with Crippen molar-refractivity contribution in [1.29, 1.82) is 0 Å². The van der Waals surface area contributed by atoms with Crippen LogP contribution >= 0.6 is 0 Å². The third kappa shape index (κ3) is 3.58. The van der Waals surface area contributed by atoms with E-state index in [0.29, 0.717) is 6.54 Å². The molecule has 0 aliphatic heterocycles. The van der Waals surface area contributed by atoms with E-state index in [1.807, 2.05) is 31.2 Å². The molecule has 21 heavy (non-hydrogen) atoms. The van der Waals surface area contributed by atoms with Gasteiger partial charge in [0.05, 0.1) is 20.8 Å². The summed E-state index contributed by atoms with van der Waals surface area (Å²) in [5.41, 5.74) is 2.36. The summed E-state index contributed by atoms with van der Waals surface area (Å²) in [6.45, 7) is 6.85. The third-order valence-corrected chi connectivity index (χ3v) is 3.62. The molecule has 0 radical (unpaired) electrons. The lowest BCUT2D eigenvalue weighted by Gasteiger charge is -2.18. The molecule has 0 bridgehead atoms. The van der Waals surface area contributed by atoms with Crippen LogP contribution in [0, 0.1) is 13.8 Å². The van der Waals surface area contributed by atoms with Crippen LogP contribution in [0.1, 0.15) is 35.6 Å². The summed E-state index contributed by atoms with van der Waals surface area (Å²) < 4.78 is 16.3. The van der Waals surface area contributed by atoms with Crippen molar-refractivity contribution in [2.75, 3.05) is 14.2 Å². The molecular weight excluding hydrogens is 266 g/mol. The molecule has 1 atom stereocenters. The van der Waals surface area contributed by atoms with E-state index in [4.69, 9.17) is 13.9 Å². The van der Waals surface area contributed by atoms with Crippen molar-refractivity contribution >= 4 is 0 Å². The molecule has 0 fully saturated rings. The van der Waals surface area contributed by atoms with E-state index >= 15 is 0 Å². The van der Waals surface area contributed by atoms with E-state index in [2.05, 4.69) is 19.2 Å². The number of aryl methyl sites for hydroxylation is 2. The summed E-state index contributed by atoms with van der Waals surface area (Å²) in [5.74, 6) is 3.38. The Morgan fingerprint density at radius 2 is 1.76 bits per heavy atom. The molecule has 4 heteroatoms. The molecule has 4 nitrogen and oxygen atoms in total. The van der Waals surface area contributed by atoms with Crippen LogP contribution in [-0.4, -0.2) is 14.2 Å². The highest BCUT2D eigenvalue weighted by Crippen LogP contribution is 2.32. The predicted octanol–water partition coefficient (Wildman–Crippen LogP) is 3.76. The van der Waals surface area contributed by atoms with Gasteiger partial charge in [-0.1, -0.05) is 0 Å². The summed E-state index contributed by atoms with van der Waals surface area (Å²) in [4.78, 5) is 0. The van der Waals surface area contributed by atoms with Crippen LogP contribution in [-0.2, 0) is 6.54 Å². The number of furan rings is 1. The van der Waals surface area contributed by atoms with Crippen molar-refractivity contribution in [3.05, 3.63) is 46.9 Å². The lowest BCUT2D eigenvalue weighted by atomic mass is 10.0. The molecule has 1 heterocycles. The molecule has 1 aromatic heterocycles. The number of hydrogen-bond donors (Lipinski definition) is 1. The van der Waals surface area contributed by atoms with E-state index in [1.54, 1.807) is 14.2 Å². The predicted molar refractivity (Wildman–Crippen MR) is 83.0 cm³/mol. The summed E-state index contributed by atoms with van der Waals surface area (Å²) in [6, 6.07) is 8.19. The van der Waals surface area contributed by atoms with Gasteiger partial charge in [0, 0.05) is 6.04 Å². The first kappa shape index (κ1) is 15.4. The zero-order valence-electron chi connectivity index (χ0n) is 13.3. The number of ether oxygens (including phenoxy) is 2. The molecule has 1 N–H and O–H groups in total. The lowest BCUT2D eigenvalue weighted by Crippen LogP contribution is -2.18. The molecule has 0 aliphatic carbocycles. The molecule has 1 unspecified atom stereocenters. The zero-order valence-corrected chi connectivity index (χ0v) is 13.3. The highest BCUT2D eigenvalue weighted by Gasteiger charge is 2.14. The molecule has 2 aromatic rings. The average molecular weight is 289 g/mol. The lowest BCUT2D eigenvalue weighted by molar-refractivity contribution is 0.353. The minimum absolute atomic E-state index is 0.190. The highest BCUT2D eigenvalue weighted by atomic mass is 16.5. The van der Waals surface area contributed by atoms with E-state index in [0.717, 1.165) is 23.0 Å². The Bertz CT molecular complexity index is 604. The monoisotopic (exact) mass is 289 g/mol. The van der Waals surface area contributed by atoms with Gasteiger partial charge in [-0.25, -0.2) is 0 Å². The van der Waals surface area contributed by atoms with Gasteiger partial charge in [0.1, 0.15) is 11.5 Å². The third-order valence-electron chi connectivity index (χ3n) is 3.62. The standard InChI is InChI=1S/C17H23NO3/c1-11-8-16(19-4)17(20-5)9-15(11)13(3)18-10-14-7-6-12(2)21-14/h6-9,13,18H,10H2,1-5H3. The number of benzene rings is 1. The van der Waals surface area contributed by atoms with E-state index in [-0.39, 0.29) is 6.04 Å². The van der Waals surface area contributed by atoms with Crippen molar-refractivity contribution in [2.45, 2.75) is 33.4 Å². The number of rotatable bonds is 6. The Hall–Kier alpha value is -1.94. The Morgan fingerprint density at radius 1 is 1.10 bits per heavy atom. The minimum atomic E-state index is 0.190. The summed E-state index contributed by atoms with van der Waals surface area (Å²) >= 11 is 0. The summed E-state index contributed by atoms with van der Waals surface area (Å²) in [7, 11) is 3.30. The molecule has 0 amide bonds. The maximum Gasteiger partial charge on any atom is 0.161 e. The van der Waals surface area contributed by atoms with Gasteiger partial charge in [-0.3, -0.25) is 0 Å². The highest BCUT2D eigenvalue weighted by molar-refractivity contribution is 5.47. The first-order valence-corrected chi connectivity index (χ1v) is 7.06. The Balaban J connectivity index is 2.12.